The number of halogens is 2. The number of ketones is 2. The molecule has 4 atom stereocenters. The van der Waals surface area contributed by atoms with E-state index in [1.807, 2.05) is 0 Å². The molecule has 0 heterocycles. The Morgan fingerprint density at radius 1 is 0.636 bits per heavy atom. The topological polar surface area (TPSA) is 267 Å². The minimum absolute atomic E-state index is 1.20. The normalized spacial score (nSPS) is 16.2. The number of hydrogen-bond acceptors (Lipinski definition) is 11. The van der Waals surface area contributed by atoms with Crippen LogP contribution >= 0.6 is 23.2 Å². The molecule has 0 fully saturated rings. The van der Waals surface area contributed by atoms with Crippen LogP contribution in [0, 0.1) is 11.8 Å². The van der Waals surface area contributed by atoms with Gasteiger partial charge in [0.2, 0.25) is 0 Å². The van der Waals surface area contributed by atoms with Crippen molar-refractivity contribution in [2.24, 2.45) is 11.8 Å². The van der Waals surface area contributed by atoms with Gasteiger partial charge in [-0.2, -0.15) is 0 Å². The van der Waals surface area contributed by atoms with Crippen LogP contribution in [0.5, 0.6) is 0 Å². The van der Waals surface area contributed by atoms with Crippen molar-refractivity contribution < 1.29 is 73.7 Å². The van der Waals surface area contributed by atoms with Gasteiger partial charge in [0.05, 0.1) is 24.6 Å². The molecule has 17 heteroatoms. The molecule has 0 aromatic carbocycles. The minimum Gasteiger partial charge on any atom is -0.481 e. The molecular weight excluding hydrogens is 503 g/mol. The van der Waals surface area contributed by atoms with Gasteiger partial charge >= 0.3 is 35.8 Å². The number of carboxylic acid groups (broad SMARTS) is 4. The van der Waals surface area contributed by atoms with Crippen LogP contribution in [0.4, 0.5) is 0 Å². The summed E-state index contributed by atoms with van der Waals surface area (Å²) in [6.07, 6.45) is -3.55. The van der Waals surface area contributed by atoms with E-state index in [2.05, 4.69) is 4.74 Å². The summed E-state index contributed by atoms with van der Waals surface area (Å²) in [5.74, 6) is -25.1. The molecule has 6 N–H and O–H groups in total. The molecule has 33 heavy (non-hydrogen) atoms. The molecule has 4 unspecified atom stereocenters. The summed E-state index contributed by atoms with van der Waals surface area (Å²) >= 11 is 10.5. The van der Waals surface area contributed by atoms with Gasteiger partial charge in [0.1, 0.15) is 0 Å². The fraction of sp³-hybridized carbons (Fsp3) is 0.500. The van der Waals surface area contributed by atoms with Gasteiger partial charge in [-0.15, -0.1) is 23.2 Å². The first kappa shape index (κ1) is 29.9. The van der Waals surface area contributed by atoms with E-state index in [-0.39, 0.29) is 0 Å². The number of aliphatic carboxylic acids is 4. The summed E-state index contributed by atoms with van der Waals surface area (Å²) in [5.41, 5.74) is -7.43. The van der Waals surface area contributed by atoms with Crippen LogP contribution in [-0.2, 0) is 43.1 Å². The fourth-order valence-corrected chi connectivity index (χ4v) is 2.93. The monoisotopic (exact) mass is 518 g/mol. The molecule has 0 aliphatic heterocycles. The molecule has 0 aliphatic rings. The molecule has 0 aromatic heterocycles. The predicted octanol–water partition coefficient (Wildman–Crippen LogP) is -2.51. The molecule has 0 aliphatic carbocycles. The van der Waals surface area contributed by atoms with Crippen LogP contribution in [0.1, 0.15) is 12.8 Å². The Kier molecular flexibility index (Phi) is 10.5. The number of alkyl halides is 2. The van der Waals surface area contributed by atoms with E-state index in [1.165, 1.54) is 0 Å². The van der Waals surface area contributed by atoms with Gasteiger partial charge in [-0.1, -0.05) is 0 Å². The molecule has 0 amide bonds. The Bertz CT molecular complexity index is 813. The molecule has 0 saturated heterocycles. The van der Waals surface area contributed by atoms with Crippen LogP contribution in [0.2, 0.25) is 0 Å². The van der Waals surface area contributed by atoms with Crippen molar-refractivity contribution in [3.05, 3.63) is 0 Å². The average Bonchev–Trinajstić information content (AvgIpc) is 2.66. The highest BCUT2D eigenvalue weighted by molar-refractivity contribution is 6.31. The minimum atomic E-state index is -3.72. The number of Topliss-reactive ketones (excluding diaryl/α,β-unsaturated/α-hetero) is 2. The molecule has 0 saturated carbocycles. The second kappa shape index (κ2) is 11.6. The van der Waals surface area contributed by atoms with Gasteiger partial charge in [-0.05, 0) is 0 Å². The summed E-state index contributed by atoms with van der Waals surface area (Å²) in [4.78, 5) is 93.5. The summed E-state index contributed by atoms with van der Waals surface area (Å²) in [6.45, 7) is 0. The molecule has 0 spiro atoms. The zero-order chi connectivity index (χ0) is 26.3. The van der Waals surface area contributed by atoms with Crippen LogP contribution in [0.15, 0.2) is 0 Å². The SMILES string of the molecule is O=C(O)CC(O)(C(=O)O)C(C(=O)CCl)C(=O)OC(=O)C(C(=O)CCl)C(O)(CC(=O)O)C(=O)O. The second-order valence-corrected chi connectivity index (χ2v) is 6.94. The van der Waals surface area contributed by atoms with Gasteiger partial charge in [0, 0.05) is 0 Å². The third-order valence-electron chi connectivity index (χ3n) is 4.12. The summed E-state index contributed by atoms with van der Waals surface area (Å²) in [7, 11) is 0. The number of carbonyl (C=O) groups excluding carboxylic acids is 4. The average molecular weight is 519 g/mol. The lowest BCUT2D eigenvalue weighted by Crippen LogP contribution is -2.57. The number of esters is 2. The third kappa shape index (κ3) is 6.92. The van der Waals surface area contributed by atoms with E-state index in [1.54, 1.807) is 0 Å². The Hall–Kier alpha value is -3.14. The number of carboxylic acids is 4. The smallest absolute Gasteiger partial charge is 0.337 e. The van der Waals surface area contributed by atoms with E-state index in [0.717, 1.165) is 0 Å². The molecule has 0 rings (SSSR count). The first-order valence-corrected chi connectivity index (χ1v) is 9.34. The van der Waals surface area contributed by atoms with Crippen molar-refractivity contribution in [3.63, 3.8) is 0 Å². The number of ether oxygens (including phenoxy) is 1. The van der Waals surface area contributed by atoms with Crippen molar-refractivity contribution in [3.8, 4) is 0 Å². The highest BCUT2D eigenvalue weighted by Crippen LogP contribution is 2.29. The second-order valence-electron chi connectivity index (χ2n) is 6.41. The maximum Gasteiger partial charge on any atom is 0.337 e. The molecular formula is C16H16Cl2O15. The van der Waals surface area contributed by atoms with E-state index < -0.39 is 95.0 Å². The summed E-state index contributed by atoms with van der Waals surface area (Å²) in [5, 5.41) is 56.3. The molecule has 0 aromatic rings. The maximum absolute atomic E-state index is 12.4. The highest BCUT2D eigenvalue weighted by Gasteiger charge is 2.57. The van der Waals surface area contributed by atoms with Gasteiger partial charge in [-0.25, -0.2) is 9.59 Å². The number of rotatable bonds is 14. The highest BCUT2D eigenvalue weighted by atomic mass is 35.5. The Morgan fingerprint density at radius 2 is 0.909 bits per heavy atom. The van der Waals surface area contributed by atoms with Gasteiger partial charge < -0.3 is 35.4 Å². The summed E-state index contributed by atoms with van der Waals surface area (Å²) in [6, 6.07) is 0. The summed E-state index contributed by atoms with van der Waals surface area (Å²) < 4.78 is 4.11. The lowest BCUT2D eigenvalue weighted by molar-refractivity contribution is -0.191. The Morgan fingerprint density at radius 3 is 1.09 bits per heavy atom. The zero-order valence-corrected chi connectivity index (χ0v) is 17.6. The van der Waals surface area contributed by atoms with Crippen molar-refractivity contribution in [2.75, 3.05) is 11.8 Å². The quantitative estimate of drug-likeness (QED) is 0.0786. The van der Waals surface area contributed by atoms with Crippen molar-refractivity contribution in [1.82, 2.24) is 0 Å². The fourth-order valence-electron chi connectivity index (χ4n) is 2.62. The Labute approximate surface area is 192 Å². The van der Waals surface area contributed by atoms with Gasteiger partial charge in [0.15, 0.2) is 34.6 Å². The van der Waals surface area contributed by atoms with E-state index in [9.17, 15) is 48.6 Å². The molecule has 0 bridgehead atoms. The third-order valence-corrected chi connectivity index (χ3v) is 4.64. The number of carbonyl (C=O) groups is 8. The lowest BCUT2D eigenvalue weighted by atomic mass is 9.80. The first-order chi connectivity index (χ1) is 15.0. The molecule has 15 nitrogen and oxygen atoms in total. The van der Waals surface area contributed by atoms with Gasteiger partial charge in [0.25, 0.3) is 0 Å². The molecule has 0 radical (unpaired) electrons. The van der Waals surface area contributed by atoms with Crippen molar-refractivity contribution >= 4 is 70.6 Å². The standard InChI is InChI=1S/C16H16Cl2O15/c17-3-5(19)9(15(31,13(27)28)1-7(21)22)11(25)33-12(26)10(6(20)4-18)16(32,14(29)30)2-8(23)24/h9-10,31-32H,1-4H2,(H,21,22)(H,23,24)(H,27,28)(H,29,30). The van der Waals surface area contributed by atoms with Crippen LogP contribution in [0.3, 0.4) is 0 Å². The lowest BCUT2D eigenvalue weighted by Gasteiger charge is -2.30. The van der Waals surface area contributed by atoms with Gasteiger partial charge in [-0.3, -0.25) is 28.8 Å². The molecule has 184 valence electrons. The zero-order valence-electron chi connectivity index (χ0n) is 16.1. The van der Waals surface area contributed by atoms with Crippen LogP contribution < -0.4 is 0 Å². The largest absolute Gasteiger partial charge is 0.481 e. The predicted molar refractivity (Wildman–Crippen MR) is 99.2 cm³/mol. The van der Waals surface area contributed by atoms with Crippen LogP contribution in [-0.4, -0.2) is 101 Å². The maximum atomic E-state index is 12.4. The number of hydrogen-bond donors (Lipinski definition) is 6. The number of aliphatic hydroxyl groups is 2. The Balaban J connectivity index is 6.47. The van der Waals surface area contributed by atoms with E-state index >= 15 is 0 Å². The van der Waals surface area contributed by atoms with Crippen molar-refractivity contribution in [2.45, 2.75) is 24.0 Å². The van der Waals surface area contributed by atoms with Crippen LogP contribution in [0.25, 0.3) is 0 Å². The van der Waals surface area contributed by atoms with E-state index in [0.29, 0.717) is 0 Å². The van der Waals surface area contributed by atoms with Crippen molar-refractivity contribution in [1.29, 1.82) is 0 Å². The first-order valence-electron chi connectivity index (χ1n) is 8.27. The van der Waals surface area contributed by atoms with E-state index in [4.69, 9.17) is 43.6 Å².